The molecule has 0 radical (unpaired) electrons. The Bertz CT molecular complexity index is 465. The lowest BCUT2D eigenvalue weighted by molar-refractivity contribution is 0.0595. The van der Waals surface area contributed by atoms with Crippen molar-refractivity contribution in [2.75, 3.05) is 43.9 Å². The molecule has 1 aliphatic rings. The summed E-state index contributed by atoms with van der Waals surface area (Å²) in [6.07, 6.45) is 0. The molecule has 0 bridgehead atoms. The topological polar surface area (TPSA) is 93.4 Å². The van der Waals surface area contributed by atoms with E-state index in [0.29, 0.717) is 5.82 Å². The molecule has 0 aromatic carbocycles. The van der Waals surface area contributed by atoms with E-state index in [1.165, 1.54) is 7.11 Å². The highest BCUT2D eigenvalue weighted by molar-refractivity contribution is 6.32. The molecule has 3 N–H and O–H groups in total. The van der Waals surface area contributed by atoms with Crippen LogP contribution in [-0.4, -0.2) is 49.2 Å². The number of nitrogens with two attached hydrogens (primary N) is 1. The van der Waals surface area contributed by atoms with Gasteiger partial charge in [-0.25, -0.2) is 14.8 Å². The molecule has 2 rings (SSSR count). The van der Waals surface area contributed by atoms with Crippen molar-refractivity contribution >= 4 is 41.6 Å². The fraction of sp³-hybridized carbons (Fsp3) is 0.500. The van der Waals surface area contributed by atoms with Crippen LogP contribution in [0.5, 0.6) is 0 Å². The van der Waals surface area contributed by atoms with Gasteiger partial charge >= 0.3 is 5.97 Å². The van der Waals surface area contributed by atoms with Crippen LogP contribution in [0.3, 0.4) is 0 Å². The van der Waals surface area contributed by atoms with Gasteiger partial charge in [0.15, 0.2) is 22.5 Å². The molecular formula is C10H15Cl2N5O2. The summed E-state index contributed by atoms with van der Waals surface area (Å²) in [4.78, 5) is 21.5. The number of nitrogens with one attached hydrogen (secondary N) is 1. The third-order valence-corrected chi connectivity index (χ3v) is 2.91. The SMILES string of the molecule is COC(=O)c1nc(Cl)c(N2CCNCC2)nc1N.Cl. The molecule has 1 aromatic rings. The highest BCUT2D eigenvalue weighted by atomic mass is 35.5. The maximum atomic E-state index is 11.4. The quantitative estimate of drug-likeness (QED) is 0.760. The second kappa shape index (κ2) is 6.74. The molecule has 2 heterocycles. The van der Waals surface area contributed by atoms with E-state index in [2.05, 4.69) is 20.0 Å². The van der Waals surface area contributed by atoms with Crippen molar-refractivity contribution in [2.45, 2.75) is 0 Å². The molecule has 19 heavy (non-hydrogen) atoms. The smallest absolute Gasteiger partial charge is 0.360 e. The van der Waals surface area contributed by atoms with E-state index >= 15 is 0 Å². The largest absolute Gasteiger partial charge is 0.464 e. The Morgan fingerprint density at radius 2 is 2.05 bits per heavy atom. The van der Waals surface area contributed by atoms with Gasteiger partial charge < -0.3 is 20.7 Å². The van der Waals surface area contributed by atoms with Gasteiger partial charge in [-0.05, 0) is 0 Å². The van der Waals surface area contributed by atoms with Crippen LogP contribution in [0.1, 0.15) is 10.5 Å². The molecule has 0 aliphatic carbocycles. The zero-order chi connectivity index (χ0) is 13.1. The molecule has 0 saturated carbocycles. The van der Waals surface area contributed by atoms with E-state index in [-0.39, 0.29) is 29.1 Å². The molecule has 106 valence electrons. The van der Waals surface area contributed by atoms with Crippen molar-refractivity contribution in [3.05, 3.63) is 10.8 Å². The molecule has 9 heteroatoms. The van der Waals surface area contributed by atoms with Crippen LogP contribution in [0.2, 0.25) is 5.15 Å². The van der Waals surface area contributed by atoms with Gasteiger partial charge in [0.1, 0.15) is 0 Å². The number of halogens is 2. The van der Waals surface area contributed by atoms with E-state index < -0.39 is 5.97 Å². The third-order valence-electron chi connectivity index (χ3n) is 2.66. The second-order valence-corrected chi connectivity index (χ2v) is 4.16. The van der Waals surface area contributed by atoms with Crippen molar-refractivity contribution in [2.24, 2.45) is 0 Å². The van der Waals surface area contributed by atoms with E-state index in [1.54, 1.807) is 0 Å². The van der Waals surface area contributed by atoms with Crippen LogP contribution < -0.4 is 16.0 Å². The maximum Gasteiger partial charge on any atom is 0.360 e. The van der Waals surface area contributed by atoms with Crippen LogP contribution in [-0.2, 0) is 4.74 Å². The molecule has 1 aliphatic heterocycles. The maximum absolute atomic E-state index is 11.4. The molecule has 1 saturated heterocycles. The van der Waals surface area contributed by atoms with E-state index in [1.807, 2.05) is 4.90 Å². The number of methoxy groups -OCH3 is 1. The van der Waals surface area contributed by atoms with Gasteiger partial charge in [-0.2, -0.15) is 0 Å². The van der Waals surface area contributed by atoms with Crippen LogP contribution in [0, 0.1) is 0 Å². The van der Waals surface area contributed by atoms with Crippen LogP contribution in [0.4, 0.5) is 11.6 Å². The molecule has 0 unspecified atom stereocenters. The summed E-state index contributed by atoms with van der Waals surface area (Å²) < 4.78 is 4.55. The first-order valence-electron chi connectivity index (χ1n) is 5.50. The lowest BCUT2D eigenvalue weighted by atomic mass is 10.3. The Balaban J connectivity index is 0.00000180. The number of esters is 1. The number of piperazine rings is 1. The van der Waals surface area contributed by atoms with Gasteiger partial charge in [-0.1, -0.05) is 11.6 Å². The number of hydrogen-bond acceptors (Lipinski definition) is 7. The zero-order valence-corrected chi connectivity index (χ0v) is 11.9. The molecular weight excluding hydrogens is 293 g/mol. The summed E-state index contributed by atoms with van der Waals surface area (Å²) in [5.41, 5.74) is 5.64. The van der Waals surface area contributed by atoms with Gasteiger partial charge in [0.05, 0.1) is 7.11 Å². The number of nitrogens with zero attached hydrogens (tertiary/aromatic N) is 3. The van der Waals surface area contributed by atoms with Crippen LogP contribution in [0.25, 0.3) is 0 Å². The van der Waals surface area contributed by atoms with Crippen LogP contribution >= 0.6 is 24.0 Å². The minimum Gasteiger partial charge on any atom is -0.464 e. The van der Waals surface area contributed by atoms with Gasteiger partial charge in [0.2, 0.25) is 0 Å². The molecule has 1 aromatic heterocycles. The predicted octanol–water partition coefficient (Wildman–Crippen LogP) is 0.330. The highest BCUT2D eigenvalue weighted by Gasteiger charge is 2.21. The Hall–Kier alpha value is -1.31. The fourth-order valence-corrected chi connectivity index (χ4v) is 1.99. The van der Waals surface area contributed by atoms with Gasteiger partial charge in [0, 0.05) is 26.2 Å². The number of hydrogen-bond donors (Lipinski definition) is 2. The number of rotatable bonds is 2. The van der Waals surface area contributed by atoms with Crippen molar-refractivity contribution in [3.63, 3.8) is 0 Å². The first-order chi connectivity index (χ1) is 8.63. The van der Waals surface area contributed by atoms with E-state index in [0.717, 1.165) is 26.2 Å². The summed E-state index contributed by atoms with van der Waals surface area (Å²) in [5.74, 6) is -0.114. The summed E-state index contributed by atoms with van der Waals surface area (Å²) in [7, 11) is 1.25. The minimum absolute atomic E-state index is 0. The minimum atomic E-state index is -0.645. The first-order valence-corrected chi connectivity index (χ1v) is 5.88. The van der Waals surface area contributed by atoms with Crippen LogP contribution in [0.15, 0.2) is 0 Å². The molecule has 0 amide bonds. The summed E-state index contributed by atoms with van der Waals surface area (Å²) >= 11 is 6.04. The number of carbonyl (C=O) groups is 1. The lowest BCUT2D eigenvalue weighted by Crippen LogP contribution is -2.44. The molecule has 0 spiro atoms. The first kappa shape index (κ1) is 15.7. The number of aromatic nitrogens is 2. The predicted molar refractivity (Wildman–Crippen MR) is 75.1 cm³/mol. The summed E-state index contributed by atoms with van der Waals surface area (Å²) in [6, 6.07) is 0. The van der Waals surface area contributed by atoms with Gasteiger partial charge in [-0.3, -0.25) is 0 Å². The van der Waals surface area contributed by atoms with Crippen molar-refractivity contribution in [3.8, 4) is 0 Å². The molecule has 1 fully saturated rings. The number of anilines is 2. The highest BCUT2D eigenvalue weighted by Crippen LogP contribution is 2.24. The summed E-state index contributed by atoms with van der Waals surface area (Å²) in [5, 5.41) is 3.38. The Kier molecular flexibility index (Phi) is 5.59. The number of ether oxygens (including phenoxy) is 1. The monoisotopic (exact) mass is 307 g/mol. The average molecular weight is 308 g/mol. The fourth-order valence-electron chi connectivity index (χ4n) is 1.74. The number of carbonyl (C=O) groups excluding carboxylic acids is 1. The molecule has 0 atom stereocenters. The Labute approximate surface area is 121 Å². The third kappa shape index (κ3) is 3.37. The van der Waals surface area contributed by atoms with Crippen molar-refractivity contribution < 1.29 is 9.53 Å². The van der Waals surface area contributed by atoms with E-state index in [4.69, 9.17) is 17.3 Å². The Morgan fingerprint density at radius 3 is 2.63 bits per heavy atom. The van der Waals surface area contributed by atoms with Gasteiger partial charge in [0.25, 0.3) is 0 Å². The average Bonchev–Trinajstić information content (AvgIpc) is 2.41. The lowest BCUT2D eigenvalue weighted by Gasteiger charge is -2.28. The van der Waals surface area contributed by atoms with E-state index in [9.17, 15) is 4.79 Å². The second-order valence-electron chi connectivity index (χ2n) is 3.80. The standard InChI is InChI=1S/C10H14ClN5O2.ClH/c1-18-10(17)6-8(12)15-9(7(11)14-6)16-4-2-13-3-5-16;/h13H,2-5H2,1H3,(H2,12,15);1H. The molecule has 7 nitrogen and oxygen atoms in total. The Morgan fingerprint density at radius 1 is 1.42 bits per heavy atom. The zero-order valence-electron chi connectivity index (χ0n) is 10.4. The number of nitrogen functional groups attached to an aromatic ring is 1. The van der Waals surface area contributed by atoms with Crippen molar-refractivity contribution in [1.29, 1.82) is 0 Å². The van der Waals surface area contributed by atoms with Crippen molar-refractivity contribution in [1.82, 2.24) is 15.3 Å². The summed E-state index contributed by atoms with van der Waals surface area (Å²) in [6.45, 7) is 3.23. The normalized spacial score (nSPS) is 14.7. The van der Waals surface area contributed by atoms with Gasteiger partial charge in [-0.15, -0.1) is 12.4 Å².